The number of rotatable bonds is 5. The predicted molar refractivity (Wildman–Crippen MR) is 142 cm³/mol. The van der Waals surface area contributed by atoms with E-state index in [1.54, 1.807) is 13.8 Å². The van der Waals surface area contributed by atoms with Crippen molar-refractivity contribution in [2.45, 2.75) is 131 Å². The summed E-state index contributed by atoms with van der Waals surface area (Å²) < 4.78 is 0. The van der Waals surface area contributed by atoms with Gasteiger partial charge in [0.2, 0.25) is 0 Å². The van der Waals surface area contributed by atoms with Crippen LogP contribution in [0.4, 0.5) is 0 Å². The Balaban J connectivity index is 1.66. The lowest BCUT2D eigenvalue weighted by molar-refractivity contribution is -0.238. The molecule has 4 heteroatoms. The third kappa shape index (κ3) is 3.74. The van der Waals surface area contributed by atoms with E-state index in [0.29, 0.717) is 24.2 Å². The summed E-state index contributed by atoms with van der Waals surface area (Å²) in [6.07, 6.45) is 10.5. The van der Waals surface area contributed by atoms with Crippen LogP contribution >= 0.6 is 0 Å². The highest BCUT2D eigenvalue weighted by molar-refractivity contribution is 5.25. The van der Waals surface area contributed by atoms with Gasteiger partial charge in [-0.25, -0.2) is 0 Å². The molecule has 9 atom stereocenters. The van der Waals surface area contributed by atoms with E-state index < -0.39 is 11.7 Å². The maximum Gasteiger partial charge on any atom is 0.0856 e. The Kier molecular flexibility index (Phi) is 6.74. The predicted octanol–water partition coefficient (Wildman–Crippen LogP) is 5.86. The van der Waals surface area contributed by atoms with Crippen molar-refractivity contribution in [1.29, 1.82) is 0 Å². The molecule has 4 aliphatic rings. The molecule has 0 radical (unpaired) electrons. The minimum atomic E-state index is -1.15. The van der Waals surface area contributed by atoms with Crippen LogP contribution in [0.3, 0.4) is 0 Å². The van der Waals surface area contributed by atoms with Crippen molar-refractivity contribution >= 4 is 0 Å². The highest BCUT2D eigenvalue weighted by Crippen LogP contribution is 2.79. The molecule has 4 aliphatic carbocycles. The average Bonchev–Trinajstić information content (AvgIpc) is 3.03. The summed E-state index contributed by atoms with van der Waals surface area (Å²) in [4.78, 5) is 0. The van der Waals surface area contributed by atoms with Crippen LogP contribution in [-0.4, -0.2) is 44.8 Å². The number of fused-ring (bicyclic) bond motifs is 5. The Morgan fingerprint density at radius 1 is 0.886 bits per heavy atom. The van der Waals surface area contributed by atoms with E-state index in [1.807, 2.05) is 6.08 Å². The van der Waals surface area contributed by atoms with Crippen molar-refractivity contribution < 1.29 is 20.4 Å². The van der Waals surface area contributed by atoms with Gasteiger partial charge < -0.3 is 20.4 Å². The van der Waals surface area contributed by atoms with E-state index in [4.69, 9.17) is 0 Å². The van der Waals surface area contributed by atoms with Gasteiger partial charge >= 0.3 is 0 Å². The molecule has 4 nitrogen and oxygen atoms in total. The molecule has 0 aromatic carbocycles. The summed E-state index contributed by atoms with van der Waals surface area (Å²) in [5.74, 6) is 1.55. The summed E-state index contributed by atoms with van der Waals surface area (Å²) in [6.45, 7) is 18.1. The van der Waals surface area contributed by atoms with Crippen molar-refractivity contribution in [3.05, 3.63) is 11.6 Å². The monoisotopic (exact) mass is 490 g/mol. The van der Waals surface area contributed by atoms with Gasteiger partial charge in [0.05, 0.1) is 24.4 Å². The van der Waals surface area contributed by atoms with E-state index in [1.165, 1.54) is 32.1 Å². The lowest BCUT2D eigenvalue weighted by atomic mass is 9.33. The Hall–Kier alpha value is -0.420. The van der Waals surface area contributed by atoms with E-state index >= 15 is 0 Å². The second-order valence-electron chi connectivity index (χ2n) is 15.2. The fourth-order valence-electron chi connectivity index (χ4n) is 10.6. The number of aliphatic hydroxyl groups is 4. The summed E-state index contributed by atoms with van der Waals surface area (Å²) in [5.41, 5.74) is 0.693. The van der Waals surface area contributed by atoms with Gasteiger partial charge in [-0.2, -0.15) is 0 Å². The van der Waals surface area contributed by atoms with Crippen LogP contribution < -0.4 is 0 Å². The molecule has 0 saturated heterocycles. The molecule has 9 unspecified atom stereocenters. The number of aliphatic hydroxyl groups excluding tert-OH is 3. The first-order valence-corrected chi connectivity index (χ1v) is 14.4. The van der Waals surface area contributed by atoms with Crippen LogP contribution in [0.5, 0.6) is 0 Å². The van der Waals surface area contributed by atoms with Crippen molar-refractivity contribution in [3.63, 3.8) is 0 Å². The molecule has 202 valence electrons. The van der Waals surface area contributed by atoms with Crippen LogP contribution in [0, 0.1) is 44.8 Å². The first-order chi connectivity index (χ1) is 16.0. The number of hydrogen-bond acceptors (Lipinski definition) is 4. The van der Waals surface area contributed by atoms with E-state index in [0.717, 1.165) is 24.8 Å². The molecule has 0 aromatic heterocycles. The molecular weight excluding hydrogens is 436 g/mol. The Morgan fingerprint density at radius 2 is 1.49 bits per heavy atom. The minimum Gasteiger partial charge on any atom is -0.393 e. The van der Waals surface area contributed by atoms with Gasteiger partial charge in [0.15, 0.2) is 0 Å². The van der Waals surface area contributed by atoms with Crippen LogP contribution in [0.15, 0.2) is 11.6 Å². The molecule has 4 fully saturated rings. The average molecular weight is 491 g/mol. The third-order valence-electron chi connectivity index (χ3n) is 13.3. The maximum absolute atomic E-state index is 10.9. The second-order valence-corrected chi connectivity index (χ2v) is 15.2. The maximum atomic E-state index is 10.9. The first kappa shape index (κ1) is 27.6. The molecular formula is C31H54O4. The van der Waals surface area contributed by atoms with E-state index in [9.17, 15) is 20.4 Å². The second kappa shape index (κ2) is 8.55. The molecule has 0 aromatic rings. The minimum absolute atomic E-state index is 0.0255. The molecule has 0 spiro atoms. The van der Waals surface area contributed by atoms with Gasteiger partial charge in [0.25, 0.3) is 0 Å². The molecule has 4 saturated carbocycles. The van der Waals surface area contributed by atoms with Gasteiger partial charge in [0, 0.05) is 0 Å². The topological polar surface area (TPSA) is 80.9 Å². The molecule has 0 amide bonds. The van der Waals surface area contributed by atoms with Gasteiger partial charge in [-0.1, -0.05) is 47.6 Å². The zero-order chi connectivity index (χ0) is 26.2. The third-order valence-corrected chi connectivity index (χ3v) is 13.3. The lowest BCUT2D eigenvalue weighted by Gasteiger charge is -2.71. The van der Waals surface area contributed by atoms with Crippen molar-refractivity contribution in [2.75, 3.05) is 6.61 Å². The molecule has 4 rings (SSSR count). The van der Waals surface area contributed by atoms with Crippen LogP contribution in [0.2, 0.25) is 0 Å². The Morgan fingerprint density at radius 3 is 2.09 bits per heavy atom. The Labute approximate surface area is 214 Å². The van der Waals surface area contributed by atoms with Gasteiger partial charge in [-0.15, -0.1) is 0 Å². The fourth-order valence-corrected chi connectivity index (χ4v) is 10.6. The van der Waals surface area contributed by atoms with Gasteiger partial charge in [0.1, 0.15) is 0 Å². The van der Waals surface area contributed by atoms with E-state index in [2.05, 4.69) is 41.5 Å². The summed E-state index contributed by atoms with van der Waals surface area (Å²) in [5, 5.41) is 41.9. The standard InChI is InChI=1S/C31H54O4/c1-26(2)22-12-17-30(7)23(28(22,5)15-14-24(26)33)13-16-29(6)21(11-18-31(29,30)8)20(19-32)9-10-25(34)27(3,4)35/h9,21-25,32-35H,10-19H2,1-8H3. The zero-order valence-electron chi connectivity index (χ0n) is 23.8. The number of hydrogen-bond donors (Lipinski definition) is 4. The molecule has 0 aliphatic heterocycles. The SMILES string of the molecule is CC(C)(O)C(O)CC=C(CO)C1CCC2(C)C1(C)CCC1C3(C)CCC(O)C(C)(C)C3CCC12C. The normalized spacial score (nSPS) is 48.6. The summed E-state index contributed by atoms with van der Waals surface area (Å²) in [6, 6.07) is 0. The zero-order valence-corrected chi connectivity index (χ0v) is 23.8. The quantitative estimate of drug-likeness (QED) is 0.364. The van der Waals surface area contributed by atoms with Crippen LogP contribution in [0.25, 0.3) is 0 Å². The summed E-state index contributed by atoms with van der Waals surface area (Å²) in [7, 11) is 0. The highest BCUT2D eigenvalue weighted by Gasteiger charge is 2.71. The van der Waals surface area contributed by atoms with Gasteiger partial charge in [-0.05, 0) is 122 Å². The van der Waals surface area contributed by atoms with Crippen LogP contribution in [-0.2, 0) is 0 Å². The fraction of sp³-hybridized carbons (Fsp3) is 0.935. The smallest absolute Gasteiger partial charge is 0.0856 e. The van der Waals surface area contributed by atoms with Crippen molar-refractivity contribution in [3.8, 4) is 0 Å². The largest absolute Gasteiger partial charge is 0.393 e. The van der Waals surface area contributed by atoms with Gasteiger partial charge in [-0.3, -0.25) is 0 Å². The van der Waals surface area contributed by atoms with Crippen LogP contribution in [0.1, 0.15) is 113 Å². The summed E-state index contributed by atoms with van der Waals surface area (Å²) >= 11 is 0. The lowest BCUT2D eigenvalue weighted by Crippen LogP contribution is -2.65. The molecule has 35 heavy (non-hydrogen) atoms. The Bertz CT molecular complexity index is 841. The van der Waals surface area contributed by atoms with Crippen molar-refractivity contribution in [1.82, 2.24) is 0 Å². The van der Waals surface area contributed by atoms with E-state index in [-0.39, 0.29) is 39.8 Å². The highest BCUT2D eigenvalue weighted by atomic mass is 16.3. The van der Waals surface area contributed by atoms with Crippen molar-refractivity contribution in [2.24, 2.45) is 44.8 Å². The molecule has 0 heterocycles. The first-order valence-electron chi connectivity index (χ1n) is 14.4. The molecule has 0 bridgehead atoms. The molecule has 4 N–H and O–H groups in total.